The molecule has 1 aliphatic heterocycles. The van der Waals surface area contributed by atoms with Crippen LogP contribution in [0.2, 0.25) is 0 Å². The number of phenols is 1. The minimum absolute atomic E-state index is 0.148. The molecule has 3 aromatic rings. The molecule has 3 heterocycles. The molecule has 4 N–H and O–H groups in total. The van der Waals surface area contributed by atoms with Crippen molar-refractivity contribution in [3.05, 3.63) is 42.5 Å². The number of esters is 1. The van der Waals surface area contributed by atoms with Crippen LogP contribution in [0.15, 0.2) is 36.9 Å². The van der Waals surface area contributed by atoms with Gasteiger partial charge in [-0.05, 0) is 12.1 Å². The number of phenolic OH excluding ortho intramolecular Hbond substituents is 1. The second kappa shape index (κ2) is 9.44. The highest BCUT2D eigenvalue weighted by Crippen LogP contribution is 2.38. The first-order chi connectivity index (χ1) is 16.6. The molecule has 4 atom stereocenters. The van der Waals surface area contributed by atoms with E-state index in [9.17, 15) is 23.1 Å². The highest BCUT2D eigenvalue weighted by molar-refractivity contribution is 7.85. The summed E-state index contributed by atoms with van der Waals surface area (Å²) >= 11 is 0. The fraction of sp³-hybridized carbons (Fsp3) is 0.350. The van der Waals surface area contributed by atoms with Gasteiger partial charge in [-0.25, -0.2) is 19.7 Å². The van der Waals surface area contributed by atoms with Gasteiger partial charge < -0.3 is 20.3 Å². The van der Waals surface area contributed by atoms with Crippen molar-refractivity contribution >= 4 is 39.2 Å². The number of ether oxygens (including phenoxy) is 2. The van der Waals surface area contributed by atoms with Crippen molar-refractivity contribution in [1.82, 2.24) is 24.2 Å². The first-order valence-corrected chi connectivity index (χ1v) is 11.7. The molecule has 1 aromatic carbocycles. The predicted octanol–water partition coefficient (Wildman–Crippen LogP) is 0.271. The van der Waals surface area contributed by atoms with Crippen LogP contribution < -0.4 is 10.5 Å². The number of aromatic nitrogens is 4. The molecular weight excluding hydrogens is 484 g/mol. The summed E-state index contributed by atoms with van der Waals surface area (Å²) in [6, 6.07) is 5.44. The molecule has 1 saturated heterocycles. The Morgan fingerprint density at radius 1 is 1.26 bits per heavy atom. The molecule has 1 fully saturated rings. The standard InChI is InChI=1S/C20H22N6O8S/c1-10-14(7-32-35(30,31)25-19(29)12-5-3-4-6-13(12)28)34-20(16(10)33-11(2)27)26-9-24-15-17(21)22-8-23-18(15)26/h3-6,8-10,14,16,20,28H,7H2,1-2H3,(H,25,29)(H2,21,22,23)/t10-,14-,16-,20-/m1/s1. The maximum absolute atomic E-state index is 12.3. The number of hydrogen-bond donors (Lipinski definition) is 3. The minimum Gasteiger partial charge on any atom is -0.507 e. The van der Waals surface area contributed by atoms with Gasteiger partial charge in [0.2, 0.25) is 0 Å². The van der Waals surface area contributed by atoms with E-state index in [1.807, 2.05) is 0 Å². The minimum atomic E-state index is -4.56. The Bertz CT molecular complexity index is 1380. The summed E-state index contributed by atoms with van der Waals surface area (Å²) in [6.45, 7) is 2.43. The third-order valence-corrected chi connectivity index (χ3v) is 6.30. The SMILES string of the molecule is CC(=O)O[C@@H]1[C@H](C)[C@@H](COS(=O)(=O)NC(=O)c2ccccc2O)O[C@H]1n1cnc2c(N)ncnc21. The average molecular weight is 506 g/mol. The van der Waals surface area contributed by atoms with Gasteiger partial charge in [0.05, 0.1) is 24.6 Å². The number of para-hydroxylation sites is 1. The predicted molar refractivity (Wildman–Crippen MR) is 119 cm³/mol. The molecule has 14 nitrogen and oxygen atoms in total. The van der Waals surface area contributed by atoms with Gasteiger partial charge in [0.15, 0.2) is 23.8 Å². The number of nitrogens with one attached hydrogen (secondary N) is 1. The fourth-order valence-corrected chi connectivity index (χ4v) is 4.41. The molecule has 0 aliphatic carbocycles. The number of fused-ring (bicyclic) bond motifs is 1. The molecule has 0 spiro atoms. The molecular formula is C20H22N6O8S. The number of nitrogens with zero attached hydrogens (tertiary/aromatic N) is 4. The summed E-state index contributed by atoms with van der Waals surface area (Å²) in [5.74, 6) is -2.41. The van der Waals surface area contributed by atoms with Crippen molar-refractivity contribution in [3.63, 3.8) is 0 Å². The number of nitrogen functional groups attached to an aromatic ring is 1. The zero-order chi connectivity index (χ0) is 25.3. The Morgan fingerprint density at radius 3 is 2.71 bits per heavy atom. The lowest BCUT2D eigenvalue weighted by Gasteiger charge is -2.21. The van der Waals surface area contributed by atoms with Gasteiger partial charge in [-0.2, -0.15) is 8.42 Å². The van der Waals surface area contributed by atoms with Crippen LogP contribution in [0.5, 0.6) is 5.75 Å². The van der Waals surface area contributed by atoms with Crippen LogP contribution in [0.1, 0.15) is 30.4 Å². The number of rotatable bonds is 7. The van der Waals surface area contributed by atoms with E-state index < -0.39 is 58.9 Å². The van der Waals surface area contributed by atoms with Crippen LogP contribution >= 0.6 is 0 Å². The number of benzene rings is 1. The van der Waals surface area contributed by atoms with Gasteiger partial charge in [-0.1, -0.05) is 19.1 Å². The summed E-state index contributed by atoms with van der Waals surface area (Å²) in [7, 11) is -4.56. The molecule has 1 amide bonds. The van der Waals surface area contributed by atoms with Gasteiger partial charge in [0, 0.05) is 12.8 Å². The highest BCUT2D eigenvalue weighted by Gasteiger charge is 2.46. The Morgan fingerprint density at radius 2 is 2.00 bits per heavy atom. The Kier molecular flexibility index (Phi) is 6.56. The van der Waals surface area contributed by atoms with E-state index in [1.165, 1.54) is 48.4 Å². The molecule has 0 saturated carbocycles. The number of amides is 1. The number of carbonyl (C=O) groups excluding carboxylic acids is 2. The summed E-state index contributed by atoms with van der Waals surface area (Å²) in [4.78, 5) is 36.2. The average Bonchev–Trinajstić information content (AvgIpc) is 3.34. The van der Waals surface area contributed by atoms with Crippen LogP contribution in [0, 0.1) is 5.92 Å². The summed E-state index contributed by atoms with van der Waals surface area (Å²) in [5.41, 5.74) is 6.24. The molecule has 35 heavy (non-hydrogen) atoms. The molecule has 4 rings (SSSR count). The Hall–Kier alpha value is -3.82. The number of carbonyl (C=O) groups is 2. The van der Waals surface area contributed by atoms with E-state index in [4.69, 9.17) is 19.4 Å². The van der Waals surface area contributed by atoms with E-state index in [0.29, 0.717) is 11.2 Å². The second-order valence-electron chi connectivity index (χ2n) is 7.77. The summed E-state index contributed by atoms with van der Waals surface area (Å²) < 4.78 is 44.3. The van der Waals surface area contributed by atoms with Crippen molar-refractivity contribution in [2.75, 3.05) is 12.3 Å². The van der Waals surface area contributed by atoms with E-state index in [-0.39, 0.29) is 11.4 Å². The largest absolute Gasteiger partial charge is 0.507 e. The highest BCUT2D eigenvalue weighted by atomic mass is 32.2. The van der Waals surface area contributed by atoms with Gasteiger partial charge in [-0.3, -0.25) is 18.3 Å². The van der Waals surface area contributed by atoms with E-state index >= 15 is 0 Å². The zero-order valence-corrected chi connectivity index (χ0v) is 19.4. The zero-order valence-electron chi connectivity index (χ0n) is 18.6. The number of hydrogen-bond acceptors (Lipinski definition) is 12. The maximum Gasteiger partial charge on any atom is 0.362 e. The van der Waals surface area contributed by atoms with Crippen LogP contribution in [0.25, 0.3) is 11.2 Å². The number of nitrogens with two attached hydrogens (primary N) is 1. The molecule has 0 unspecified atom stereocenters. The quantitative estimate of drug-likeness (QED) is 0.370. The molecule has 0 radical (unpaired) electrons. The third kappa shape index (κ3) is 5.01. The van der Waals surface area contributed by atoms with Crippen molar-refractivity contribution in [3.8, 4) is 5.75 Å². The van der Waals surface area contributed by atoms with Crippen molar-refractivity contribution in [2.45, 2.75) is 32.3 Å². The van der Waals surface area contributed by atoms with Crippen LogP contribution in [-0.2, 0) is 28.8 Å². The van der Waals surface area contributed by atoms with Crippen molar-refractivity contribution in [2.24, 2.45) is 5.92 Å². The Balaban J connectivity index is 1.51. The molecule has 186 valence electrons. The summed E-state index contributed by atoms with van der Waals surface area (Å²) in [6.07, 6.45) is 0.0253. The van der Waals surface area contributed by atoms with E-state index in [1.54, 1.807) is 11.6 Å². The van der Waals surface area contributed by atoms with Crippen LogP contribution in [0.4, 0.5) is 5.82 Å². The monoisotopic (exact) mass is 506 g/mol. The van der Waals surface area contributed by atoms with E-state index in [2.05, 4.69) is 15.0 Å². The van der Waals surface area contributed by atoms with E-state index in [0.717, 1.165) is 0 Å². The van der Waals surface area contributed by atoms with Crippen LogP contribution in [0.3, 0.4) is 0 Å². The molecule has 15 heteroatoms. The van der Waals surface area contributed by atoms with Crippen molar-refractivity contribution < 1.29 is 36.8 Å². The smallest absolute Gasteiger partial charge is 0.362 e. The topological polar surface area (TPSA) is 198 Å². The van der Waals surface area contributed by atoms with Gasteiger partial charge in [-0.15, -0.1) is 0 Å². The number of anilines is 1. The van der Waals surface area contributed by atoms with Gasteiger partial charge >= 0.3 is 16.3 Å². The lowest BCUT2D eigenvalue weighted by atomic mass is 10.0. The first kappa shape index (κ1) is 24.3. The molecule has 1 aliphatic rings. The lowest BCUT2D eigenvalue weighted by Crippen LogP contribution is -2.35. The van der Waals surface area contributed by atoms with Gasteiger partial charge in [0.1, 0.15) is 17.6 Å². The van der Waals surface area contributed by atoms with Gasteiger partial charge in [0.25, 0.3) is 5.91 Å². The number of imidazole rings is 1. The fourth-order valence-electron chi connectivity index (χ4n) is 3.70. The third-order valence-electron chi connectivity index (χ3n) is 5.42. The number of aromatic hydroxyl groups is 1. The summed E-state index contributed by atoms with van der Waals surface area (Å²) in [5, 5.41) is 9.75. The Labute approximate surface area is 199 Å². The van der Waals surface area contributed by atoms with Crippen molar-refractivity contribution in [1.29, 1.82) is 0 Å². The molecule has 2 aromatic heterocycles. The lowest BCUT2D eigenvalue weighted by molar-refractivity contribution is -0.153. The maximum atomic E-state index is 12.3. The molecule has 0 bridgehead atoms. The van der Waals surface area contributed by atoms with Crippen LogP contribution in [-0.4, -0.2) is 63.7 Å². The first-order valence-electron chi connectivity index (χ1n) is 10.3. The normalized spacial score (nSPS) is 22.2. The second-order valence-corrected chi connectivity index (χ2v) is 9.12.